The van der Waals surface area contributed by atoms with Crippen LogP contribution in [0.4, 0.5) is 5.00 Å². The number of rotatable bonds is 7. The molecule has 6 nitrogen and oxygen atoms in total. The molecule has 0 unspecified atom stereocenters. The number of thiophene rings is 1. The summed E-state index contributed by atoms with van der Waals surface area (Å²) in [5, 5.41) is 13.0. The van der Waals surface area contributed by atoms with Crippen molar-refractivity contribution in [1.29, 1.82) is 5.26 Å². The highest BCUT2D eigenvalue weighted by atomic mass is 32.1. The van der Waals surface area contributed by atoms with E-state index >= 15 is 0 Å². The largest absolute Gasteiger partial charge is 0.493 e. The molecule has 1 aromatic heterocycles. The van der Waals surface area contributed by atoms with Crippen molar-refractivity contribution < 1.29 is 19.0 Å². The van der Waals surface area contributed by atoms with E-state index < -0.39 is 0 Å². The summed E-state index contributed by atoms with van der Waals surface area (Å²) in [4.78, 5) is 13.4. The zero-order valence-corrected chi connectivity index (χ0v) is 17.3. The molecular weight excluding hydrogens is 400 g/mol. The summed E-state index contributed by atoms with van der Waals surface area (Å²) < 4.78 is 16.4. The predicted molar refractivity (Wildman–Crippen MR) is 114 cm³/mol. The van der Waals surface area contributed by atoms with Gasteiger partial charge in [0.25, 0.3) is 0 Å². The Hall–Kier alpha value is -3.50. The summed E-state index contributed by atoms with van der Waals surface area (Å²) in [6.07, 6.45) is 0.850. The van der Waals surface area contributed by atoms with Crippen molar-refractivity contribution in [3.63, 3.8) is 0 Å². The quantitative estimate of drug-likeness (QED) is 0.601. The van der Waals surface area contributed by atoms with Gasteiger partial charge in [-0.15, -0.1) is 11.3 Å². The van der Waals surface area contributed by atoms with Gasteiger partial charge in [0.05, 0.1) is 18.6 Å². The van der Waals surface area contributed by atoms with E-state index in [1.165, 1.54) is 11.3 Å². The first-order valence-electron chi connectivity index (χ1n) is 9.52. The van der Waals surface area contributed by atoms with E-state index in [-0.39, 0.29) is 25.7 Å². The smallest absolute Gasteiger partial charge is 0.231 e. The van der Waals surface area contributed by atoms with E-state index in [9.17, 15) is 10.1 Å². The third kappa shape index (κ3) is 4.39. The predicted octanol–water partition coefficient (Wildman–Crippen LogP) is 4.66. The normalized spacial score (nSPS) is 11.7. The molecule has 3 aromatic rings. The standard InChI is InChI=1S/C23H20N2O4S/c1-15-18(13-24)23(25-22(26)9-10-27-17-5-3-2-4-6-17)30-21(15)12-16-7-8-19-20(11-16)29-14-28-19/h2-8,11H,9-10,12,14H2,1H3,(H,25,26). The van der Waals surface area contributed by atoms with Gasteiger partial charge in [-0.3, -0.25) is 4.79 Å². The van der Waals surface area contributed by atoms with Crippen molar-refractivity contribution >= 4 is 22.2 Å². The lowest BCUT2D eigenvalue weighted by Gasteiger charge is -2.06. The molecule has 1 N–H and O–H groups in total. The lowest BCUT2D eigenvalue weighted by molar-refractivity contribution is -0.116. The number of hydrogen-bond donors (Lipinski definition) is 1. The maximum Gasteiger partial charge on any atom is 0.231 e. The van der Waals surface area contributed by atoms with Gasteiger partial charge in [0.1, 0.15) is 16.8 Å². The molecule has 2 heterocycles. The van der Waals surface area contributed by atoms with E-state index in [4.69, 9.17) is 14.2 Å². The van der Waals surface area contributed by atoms with Gasteiger partial charge in [-0.25, -0.2) is 0 Å². The zero-order chi connectivity index (χ0) is 20.9. The molecule has 0 spiro atoms. The summed E-state index contributed by atoms with van der Waals surface area (Å²) >= 11 is 1.43. The third-order valence-corrected chi connectivity index (χ3v) is 5.96. The highest BCUT2D eigenvalue weighted by Crippen LogP contribution is 2.37. The first-order valence-corrected chi connectivity index (χ1v) is 10.3. The van der Waals surface area contributed by atoms with Crippen LogP contribution < -0.4 is 19.5 Å². The van der Waals surface area contributed by atoms with Crippen molar-refractivity contribution in [3.8, 4) is 23.3 Å². The van der Waals surface area contributed by atoms with Gasteiger partial charge in [-0.1, -0.05) is 24.3 Å². The second-order valence-electron chi connectivity index (χ2n) is 6.79. The molecule has 30 heavy (non-hydrogen) atoms. The molecular formula is C23H20N2O4S. The van der Waals surface area contributed by atoms with Crippen LogP contribution in [0.15, 0.2) is 48.5 Å². The van der Waals surface area contributed by atoms with Gasteiger partial charge in [-0.2, -0.15) is 5.26 Å². The Labute approximate surface area is 178 Å². The van der Waals surface area contributed by atoms with Gasteiger partial charge >= 0.3 is 0 Å². The van der Waals surface area contributed by atoms with E-state index in [0.717, 1.165) is 33.3 Å². The van der Waals surface area contributed by atoms with Crippen molar-refractivity contribution in [2.75, 3.05) is 18.7 Å². The number of hydrogen-bond acceptors (Lipinski definition) is 6. The number of benzene rings is 2. The maximum absolute atomic E-state index is 12.4. The van der Waals surface area contributed by atoms with Crippen LogP contribution in [-0.2, 0) is 11.2 Å². The fourth-order valence-corrected chi connectivity index (χ4v) is 4.36. The molecule has 2 aromatic carbocycles. The van der Waals surface area contributed by atoms with Gasteiger partial charge in [0.15, 0.2) is 11.5 Å². The van der Waals surface area contributed by atoms with E-state index in [1.54, 1.807) is 0 Å². The molecule has 1 aliphatic heterocycles. The van der Waals surface area contributed by atoms with Crippen molar-refractivity contribution in [3.05, 3.63) is 70.1 Å². The maximum atomic E-state index is 12.4. The fraction of sp³-hybridized carbons (Fsp3) is 0.217. The second kappa shape index (κ2) is 8.89. The minimum atomic E-state index is -0.182. The summed E-state index contributed by atoms with van der Waals surface area (Å²) in [7, 11) is 0. The Kier molecular flexibility index (Phi) is 5.87. The Morgan fingerprint density at radius 2 is 2.00 bits per heavy atom. The molecule has 1 amide bonds. The molecule has 0 radical (unpaired) electrons. The van der Waals surface area contributed by atoms with Crippen LogP contribution in [0.1, 0.15) is 28.0 Å². The number of nitriles is 1. The number of ether oxygens (including phenoxy) is 3. The number of carbonyl (C=O) groups is 1. The lowest BCUT2D eigenvalue weighted by atomic mass is 10.1. The highest BCUT2D eigenvalue weighted by molar-refractivity contribution is 7.16. The molecule has 7 heteroatoms. The van der Waals surface area contributed by atoms with Gasteiger partial charge < -0.3 is 19.5 Å². The minimum Gasteiger partial charge on any atom is -0.493 e. The molecule has 0 bridgehead atoms. The van der Waals surface area contributed by atoms with Crippen LogP contribution in [0, 0.1) is 18.3 Å². The van der Waals surface area contributed by atoms with E-state index in [0.29, 0.717) is 17.0 Å². The van der Waals surface area contributed by atoms with Gasteiger partial charge in [0.2, 0.25) is 12.7 Å². The van der Waals surface area contributed by atoms with Crippen LogP contribution >= 0.6 is 11.3 Å². The number of nitrogens with zero attached hydrogens (tertiary/aromatic N) is 1. The Morgan fingerprint density at radius 1 is 1.20 bits per heavy atom. The van der Waals surface area contributed by atoms with Crippen molar-refractivity contribution in [1.82, 2.24) is 0 Å². The molecule has 0 fully saturated rings. The van der Waals surface area contributed by atoms with Crippen molar-refractivity contribution in [2.24, 2.45) is 0 Å². The SMILES string of the molecule is Cc1c(Cc2ccc3c(c2)OCO3)sc(NC(=O)CCOc2ccccc2)c1C#N. The summed E-state index contributed by atoms with van der Waals surface area (Å²) in [5.74, 6) is 2.01. The van der Waals surface area contributed by atoms with Crippen LogP contribution in [0.25, 0.3) is 0 Å². The topological polar surface area (TPSA) is 80.6 Å². The average Bonchev–Trinajstić information content (AvgIpc) is 3.33. The first-order chi connectivity index (χ1) is 14.6. The van der Waals surface area contributed by atoms with Gasteiger partial charge in [0, 0.05) is 11.3 Å². The molecule has 0 aliphatic carbocycles. The lowest BCUT2D eigenvalue weighted by Crippen LogP contribution is -2.15. The number of carbonyl (C=O) groups excluding carboxylic acids is 1. The highest BCUT2D eigenvalue weighted by Gasteiger charge is 2.19. The average molecular weight is 420 g/mol. The molecule has 0 saturated heterocycles. The summed E-state index contributed by atoms with van der Waals surface area (Å²) in [6, 6.07) is 17.4. The van der Waals surface area contributed by atoms with Crippen molar-refractivity contribution in [2.45, 2.75) is 19.8 Å². The molecule has 4 rings (SSSR count). The summed E-state index contributed by atoms with van der Waals surface area (Å²) in [6.45, 7) is 2.41. The van der Waals surface area contributed by atoms with Crippen LogP contribution in [0.5, 0.6) is 17.2 Å². The van der Waals surface area contributed by atoms with E-state index in [2.05, 4.69) is 11.4 Å². The molecule has 1 aliphatic rings. The number of para-hydroxylation sites is 1. The van der Waals surface area contributed by atoms with Gasteiger partial charge in [-0.05, 0) is 42.3 Å². The van der Waals surface area contributed by atoms with Crippen LogP contribution in [-0.4, -0.2) is 19.3 Å². The molecule has 0 atom stereocenters. The van der Waals surface area contributed by atoms with E-state index in [1.807, 2.05) is 55.5 Å². The number of amides is 1. The molecule has 0 saturated carbocycles. The number of anilines is 1. The Morgan fingerprint density at radius 3 is 2.80 bits per heavy atom. The number of nitrogens with one attached hydrogen (secondary N) is 1. The fourth-order valence-electron chi connectivity index (χ4n) is 3.16. The first kappa shape index (κ1) is 19.8. The monoisotopic (exact) mass is 420 g/mol. The Balaban J connectivity index is 1.41. The minimum absolute atomic E-state index is 0.182. The van der Waals surface area contributed by atoms with Crippen LogP contribution in [0.3, 0.4) is 0 Å². The Bertz CT molecular complexity index is 1100. The zero-order valence-electron chi connectivity index (χ0n) is 16.4. The number of fused-ring (bicyclic) bond motifs is 1. The third-order valence-electron chi connectivity index (χ3n) is 4.75. The van der Waals surface area contributed by atoms with Crippen LogP contribution in [0.2, 0.25) is 0 Å². The molecule has 152 valence electrons. The summed E-state index contributed by atoms with van der Waals surface area (Å²) in [5.41, 5.74) is 2.45. The second-order valence-corrected chi connectivity index (χ2v) is 7.90.